The van der Waals surface area contributed by atoms with Crippen molar-refractivity contribution in [1.82, 2.24) is 24.5 Å². The predicted molar refractivity (Wildman–Crippen MR) is 111 cm³/mol. The lowest BCUT2D eigenvalue weighted by Gasteiger charge is -2.09. The molecule has 0 saturated carbocycles. The van der Waals surface area contributed by atoms with Gasteiger partial charge in [-0.15, -0.1) is 0 Å². The summed E-state index contributed by atoms with van der Waals surface area (Å²) < 4.78 is 33.1. The summed E-state index contributed by atoms with van der Waals surface area (Å²) in [6, 6.07) is 5.79. The van der Waals surface area contributed by atoms with Crippen LogP contribution in [0, 0.1) is 0 Å². The van der Waals surface area contributed by atoms with Crippen molar-refractivity contribution in [2.24, 2.45) is 7.05 Å². The van der Waals surface area contributed by atoms with Gasteiger partial charge in [-0.2, -0.15) is 5.10 Å². The first kappa shape index (κ1) is 21.5. The molecule has 0 unspecified atom stereocenters. The highest BCUT2D eigenvalue weighted by atomic mass is 32.2. The number of carbonyl (C=O) groups is 1. The van der Waals surface area contributed by atoms with Gasteiger partial charge in [0.1, 0.15) is 11.3 Å². The fourth-order valence-corrected chi connectivity index (χ4v) is 3.93. The molecule has 3 aromatic rings. The molecule has 0 atom stereocenters. The highest BCUT2D eigenvalue weighted by Crippen LogP contribution is 2.22. The summed E-state index contributed by atoms with van der Waals surface area (Å²) in [5.41, 5.74) is 1.54. The average molecular weight is 433 g/mol. The number of benzene rings is 1. The number of aromatic nitrogens is 4. The second kappa shape index (κ2) is 8.66. The molecular formula is C19H23N5O5S. The van der Waals surface area contributed by atoms with Crippen LogP contribution in [0.25, 0.3) is 22.4 Å². The van der Waals surface area contributed by atoms with Crippen molar-refractivity contribution in [2.75, 3.05) is 6.61 Å². The third-order valence-corrected chi connectivity index (χ3v) is 5.63. The second-order valence-electron chi connectivity index (χ2n) is 6.70. The summed E-state index contributed by atoms with van der Waals surface area (Å²) in [5.74, 6) is 0.212. The number of ether oxygens (including phenoxy) is 1. The van der Waals surface area contributed by atoms with Crippen LogP contribution in [0.15, 0.2) is 34.0 Å². The van der Waals surface area contributed by atoms with Gasteiger partial charge in [0.15, 0.2) is 5.52 Å². The van der Waals surface area contributed by atoms with E-state index < -0.39 is 16.1 Å². The van der Waals surface area contributed by atoms with Gasteiger partial charge in [0.2, 0.25) is 0 Å². The quantitative estimate of drug-likeness (QED) is 0.582. The maximum atomic E-state index is 12.6. The van der Waals surface area contributed by atoms with Gasteiger partial charge >= 0.3 is 6.09 Å². The Bertz CT molecular complexity index is 1250. The van der Waals surface area contributed by atoms with Crippen LogP contribution in [-0.2, 0) is 28.2 Å². The molecule has 0 radical (unpaired) electrons. The number of hydrogen-bond acceptors (Lipinski definition) is 7. The van der Waals surface area contributed by atoms with Gasteiger partial charge in [-0.05, 0) is 25.0 Å². The summed E-state index contributed by atoms with van der Waals surface area (Å²) in [7, 11) is -2.47. The summed E-state index contributed by atoms with van der Waals surface area (Å²) in [4.78, 5) is 31.3. The number of hydrogen-bond donors (Lipinski definition) is 2. The smallest absolute Gasteiger partial charge is 0.421 e. The highest BCUT2D eigenvalue weighted by Gasteiger charge is 2.20. The van der Waals surface area contributed by atoms with E-state index in [0.29, 0.717) is 35.1 Å². The molecule has 2 heterocycles. The molecule has 2 aromatic heterocycles. The monoisotopic (exact) mass is 433 g/mol. The van der Waals surface area contributed by atoms with Gasteiger partial charge < -0.3 is 9.72 Å². The predicted octanol–water partition coefficient (Wildman–Crippen LogP) is 2.10. The Morgan fingerprint density at radius 3 is 2.73 bits per heavy atom. The maximum Gasteiger partial charge on any atom is 0.421 e. The van der Waals surface area contributed by atoms with Crippen molar-refractivity contribution in [1.29, 1.82) is 0 Å². The van der Waals surface area contributed by atoms with Gasteiger partial charge in [-0.3, -0.25) is 9.48 Å². The first-order chi connectivity index (χ1) is 14.3. The minimum Gasteiger partial charge on any atom is -0.449 e. The van der Waals surface area contributed by atoms with Crippen LogP contribution in [0.5, 0.6) is 0 Å². The van der Waals surface area contributed by atoms with E-state index in [0.717, 1.165) is 6.42 Å². The molecule has 0 aliphatic heterocycles. The Kier molecular flexibility index (Phi) is 6.20. The highest BCUT2D eigenvalue weighted by molar-refractivity contribution is 7.90. The molecular weight excluding hydrogens is 410 g/mol. The number of fused-ring (bicyclic) bond motifs is 1. The van der Waals surface area contributed by atoms with E-state index >= 15 is 0 Å². The fraction of sp³-hybridized carbons (Fsp3) is 0.368. The first-order valence-corrected chi connectivity index (χ1v) is 11.0. The fourth-order valence-electron chi connectivity index (χ4n) is 2.99. The number of nitrogens with one attached hydrogen (secondary N) is 2. The van der Waals surface area contributed by atoms with E-state index in [9.17, 15) is 18.0 Å². The van der Waals surface area contributed by atoms with E-state index in [1.54, 1.807) is 20.0 Å². The van der Waals surface area contributed by atoms with Crippen molar-refractivity contribution >= 4 is 27.1 Å². The van der Waals surface area contributed by atoms with Gasteiger partial charge in [0, 0.05) is 12.6 Å². The van der Waals surface area contributed by atoms with E-state index in [1.807, 2.05) is 11.6 Å². The molecule has 30 heavy (non-hydrogen) atoms. The molecule has 11 heteroatoms. The summed E-state index contributed by atoms with van der Waals surface area (Å²) in [6.07, 6.45) is 1.02. The normalized spacial score (nSPS) is 11.6. The first-order valence-electron chi connectivity index (χ1n) is 9.52. The Hall–Kier alpha value is -3.21. The van der Waals surface area contributed by atoms with Crippen LogP contribution in [0.4, 0.5) is 4.79 Å². The molecule has 0 saturated heterocycles. The Morgan fingerprint density at radius 1 is 1.27 bits per heavy atom. The third-order valence-electron chi connectivity index (χ3n) is 4.32. The minimum atomic E-state index is -4.15. The molecule has 0 aliphatic rings. The number of nitrogens with zero attached hydrogens (tertiary/aromatic N) is 3. The molecule has 1 aromatic carbocycles. The number of carbonyl (C=O) groups excluding carboxylic acids is 1. The molecule has 3 rings (SSSR count). The number of H-pyrrole nitrogens is 1. The van der Waals surface area contributed by atoms with Gasteiger partial charge in [0.25, 0.3) is 15.6 Å². The largest absolute Gasteiger partial charge is 0.449 e. The standard InChI is InChI=1S/C19H23N5O5S/c1-4-7-14-15-16(24(3)22-14)18(25)21-17(20-15)12-8-6-9-13(11-12)30(27,28)23-19(26)29-10-5-2/h6,8-9,11H,4-5,7,10H2,1-3H3,(H,23,26)(H,20,21,25). The summed E-state index contributed by atoms with van der Waals surface area (Å²) in [5, 5.41) is 4.37. The lowest BCUT2D eigenvalue weighted by Crippen LogP contribution is -2.31. The Labute approximate surface area is 173 Å². The number of aromatic amines is 1. The number of amides is 1. The molecule has 1 amide bonds. The molecule has 10 nitrogen and oxygen atoms in total. The summed E-state index contributed by atoms with van der Waals surface area (Å²) >= 11 is 0. The van der Waals surface area contributed by atoms with Crippen LogP contribution in [0.3, 0.4) is 0 Å². The lowest BCUT2D eigenvalue weighted by atomic mass is 10.2. The Morgan fingerprint density at radius 2 is 2.03 bits per heavy atom. The maximum absolute atomic E-state index is 12.6. The second-order valence-corrected chi connectivity index (χ2v) is 8.38. The molecule has 2 N–H and O–H groups in total. The Balaban J connectivity index is 2.02. The van der Waals surface area contributed by atoms with Crippen molar-refractivity contribution in [2.45, 2.75) is 38.0 Å². The van der Waals surface area contributed by atoms with Crippen molar-refractivity contribution < 1.29 is 17.9 Å². The van der Waals surface area contributed by atoms with Gasteiger partial charge in [-0.1, -0.05) is 32.4 Å². The van der Waals surface area contributed by atoms with Crippen LogP contribution < -0.4 is 10.3 Å². The number of rotatable bonds is 7. The zero-order chi connectivity index (χ0) is 21.9. The van der Waals surface area contributed by atoms with Crippen LogP contribution >= 0.6 is 0 Å². The average Bonchev–Trinajstić information content (AvgIpc) is 3.02. The molecule has 160 valence electrons. The number of aryl methyl sites for hydroxylation is 2. The van der Waals surface area contributed by atoms with E-state index in [4.69, 9.17) is 4.74 Å². The molecule has 0 spiro atoms. The van der Waals surface area contributed by atoms with Crippen molar-refractivity contribution in [3.8, 4) is 11.4 Å². The topological polar surface area (TPSA) is 136 Å². The molecule has 0 bridgehead atoms. The van der Waals surface area contributed by atoms with E-state index in [-0.39, 0.29) is 22.9 Å². The summed E-state index contributed by atoms with van der Waals surface area (Å²) in [6.45, 7) is 3.91. The molecule has 0 aliphatic carbocycles. The zero-order valence-corrected chi connectivity index (χ0v) is 17.7. The van der Waals surface area contributed by atoms with E-state index in [1.165, 1.54) is 22.9 Å². The van der Waals surface area contributed by atoms with Crippen LogP contribution in [0.1, 0.15) is 32.4 Å². The molecule has 0 fully saturated rings. The SMILES string of the molecule is CCCOC(=O)NS(=O)(=O)c1cccc(-c2nc3c(CCC)nn(C)c3c(=O)[nH]2)c1. The van der Waals surface area contributed by atoms with Crippen LogP contribution in [-0.4, -0.2) is 40.9 Å². The zero-order valence-electron chi connectivity index (χ0n) is 16.9. The lowest BCUT2D eigenvalue weighted by molar-refractivity contribution is 0.152. The van der Waals surface area contributed by atoms with Gasteiger partial charge in [0.05, 0.1) is 17.2 Å². The third kappa shape index (κ3) is 4.35. The van der Waals surface area contributed by atoms with Crippen LogP contribution in [0.2, 0.25) is 0 Å². The van der Waals surface area contributed by atoms with Gasteiger partial charge in [-0.25, -0.2) is 22.9 Å². The number of sulfonamides is 1. The minimum absolute atomic E-state index is 0.109. The van der Waals surface area contributed by atoms with Crippen molar-refractivity contribution in [3.63, 3.8) is 0 Å². The van der Waals surface area contributed by atoms with Crippen molar-refractivity contribution in [3.05, 3.63) is 40.3 Å². The van der Waals surface area contributed by atoms with E-state index in [2.05, 4.69) is 15.1 Å².